The minimum atomic E-state index is 0.104. The van der Waals surface area contributed by atoms with Crippen LogP contribution in [0.2, 0.25) is 0 Å². The Bertz CT molecular complexity index is 252. The predicted octanol–water partition coefficient (Wildman–Crippen LogP) is 3.12. The van der Waals surface area contributed by atoms with E-state index in [9.17, 15) is 0 Å². The second-order valence-electron chi connectivity index (χ2n) is 3.86. The molecule has 0 bridgehead atoms. The number of halogens is 1. The molecule has 0 aromatic carbocycles. The van der Waals surface area contributed by atoms with Crippen LogP contribution in [0, 0.1) is 0 Å². The Morgan fingerprint density at radius 2 is 2.15 bits per heavy atom. The van der Waals surface area contributed by atoms with Crippen LogP contribution in [-0.4, -0.2) is 11.0 Å². The van der Waals surface area contributed by atoms with Crippen LogP contribution in [0.15, 0.2) is 16.9 Å². The Hall–Kier alpha value is -0.500. The van der Waals surface area contributed by atoms with Gasteiger partial charge in [0.2, 0.25) is 0 Å². The molecular weight excluding hydrogens is 186 g/mol. The van der Waals surface area contributed by atoms with Crippen molar-refractivity contribution in [3.05, 3.63) is 18.0 Å². The van der Waals surface area contributed by atoms with Crippen molar-refractivity contribution in [2.45, 2.75) is 37.5 Å². The van der Waals surface area contributed by atoms with Gasteiger partial charge in [0, 0.05) is 17.4 Å². The molecule has 0 radical (unpaired) electrons. The molecule has 1 aromatic rings. The Labute approximate surface area is 83.2 Å². The molecule has 72 valence electrons. The van der Waals surface area contributed by atoms with Gasteiger partial charge in [-0.3, -0.25) is 0 Å². The molecule has 0 N–H and O–H groups in total. The van der Waals surface area contributed by atoms with E-state index in [1.165, 1.54) is 19.3 Å². The molecule has 1 fully saturated rings. The highest BCUT2D eigenvalue weighted by Crippen LogP contribution is 2.39. The molecule has 1 aromatic heterocycles. The summed E-state index contributed by atoms with van der Waals surface area (Å²) in [5.41, 5.74) is 1.15. The predicted molar refractivity (Wildman–Crippen MR) is 52.0 cm³/mol. The van der Waals surface area contributed by atoms with Crippen LogP contribution in [0.3, 0.4) is 0 Å². The lowest BCUT2D eigenvalue weighted by Crippen LogP contribution is -2.31. The average molecular weight is 200 g/mol. The van der Waals surface area contributed by atoms with E-state index < -0.39 is 0 Å². The van der Waals surface area contributed by atoms with E-state index >= 15 is 0 Å². The molecule has 1 saturated carbocycles. The quantitative estimate of drug-likeness (QED) is 0.685. The number of nitrogens with zero attached hydrogens (tertiary/aromatic N) is 1. The smallest absolute Gasteiger partial charge is 0.124 e. The third kappa shape index (κ3) is 1.60. The molecular formula is C10H14ClNO. The van der Waals surface area contributed by atoms with Crippen LogP contribution in [0.5, 0.6) is 0 Å². The molecule has 2 rings (SSSR count). The topological polar surface area (TPSA) is 26.0 Å². The summed E-state index contributed by atoms with van der Waals surface area (Å²) in [6.07, 6.45) is 7.81. The third-order valence-electron chi connectivity index (χ3n) is 3.05. The fourth-order valence-electron chi connectivity index (χ4n) is 2.17. The van der Waals surface area contributed by atoms with E-state index in [0.29, 0.717) is 5.88 Å². The maximum absolute atomic E-state index is 6.05. The number of hydrogen-bond donors (Lipinski definition) is 0. The highest BCUT2D eigenvalue weighted by Gasteiger charge is 2.35. The lowest BCUT2D eigenvalue weighted by atomic mass is 9.73. The van der Waals surface area contributed by atoms with Gasteiger partial charge >= 0.3 is 0 Å². The van der Waals surface area contributed by atoms with E-state index in [1.54, 1.807) is 6.26 Å². The minimum Gasteiger partial charge on any atom is -0.364 e. The first kappa shape index (κ1) is 9.07. The van der Waals surface area contributed by atoms with Crippen molar-refractivity contribution in [2.24, 2.45) is 0 Å². The summed E-state index contributed by atoms with van der Waals surface area (Å²) in [5.74, 6) is 0.666. The van der Waals surface area contributed by atoms with E-state index in [4.69, 9.17) is 16.1 Å². The van der Waals surface area contributed by atoms with Crippen LogP contribution < -0.4 is 0 Å². The van der Waals surface area contributed by atoms with Crippen molar-refractivity contribution in [1.29, 1.82) is 0 Å². The van der Waals surface area contributed by atoms with Crippen LogP contribution in [0.25, 0.3) is 0 Å². The molecule has 0 saturated heterocycles. The standard InChI is InChI=1S/C10H14ClNO/c11-8-10(5-2-1-3-6-10)9-4-7-13-12-9/h4,7H,1-3,5-6,8H2. The van der Waals surface area contributed by atoms with Gasteiger partial charge in [-0.15, -0.1) is 11.6 Å². The fourth-order valence-corrected chi connectivity index (χ4v) is 2.58. The van der Waals surface area contributed by atoms with Crippen molar-refractivity contribution < 1.29 is 4.52 Å². The van der Waals surface area contributed by atoms with Gasteiger partial charge in [-0.2, -0.15) is 0 Å². The lowest BCUT2D eigenvalue weighted by Gasteiger charge is -2.33. The minimum absolute atomic E-state index is 0.104. The van der Waals surface area contributed by atoms with Gasteiger partial charge in [0.25, 0.3) is 0 Å². The molecule has 1 heterocycles. The van der Waals surface area contributed by atoms with Gasteiger partial charge in [0.05, 0.1) is 5.69 Å². The summed E-state index contributed by atoms with van der Waals surface area (Å²) in [6.45, 7) is 0. The number of alkyl halides is 1. The van der Waals surface area contributed by atoms with Crippen molar-refractivity contribution in [2.75, 3.05) is 5.88 Å². The largest absolute Gasteiger partial charge is 0.364 e. The van der Waals surface area contributed by atoms with Gasteiger partial charge in [-0.25, -0.2) is 0 Å². The summed E-state index contributed by atoms with van der Waals surface area (Å²) >= 11 is 6.05. The maximum Gasteiger partial charge on any atom is 0.124 e. The highest BCUT2D eigenvalue weighted by molar-refractivity contribution is 6.18. The molecule has 1 aliphatic rings. The molecule has 0 spiro atoms. The van der Waals surface area contributed by atoms with Gasteiger partial charge in [0.1, 0.15) is 6.26 Å². The van der Waals surface area contributed by atoms with Crippen LogP contribution in [-0.2, 0) is 5.41 Å². The van der Waals surface area contributed by atoms with E-state index in [1.807, 2.05) is 6.07 Å². The highest BCUT2D eigenvalue weighted by atomic mass is 35.5. The lowest BCUT2D eigenvalue weighted by molar-refractivity contribution is 0.297. The molecule has 0 aliphatic heterocycles. The number of aromatic nitrogens is 1. The molecule has 1 aliphatic carbocycles. The van der Waals surface area contributed by atoms with E-state index in [0.717, 1.165) is 18.5 Å². The van der Waals surface area contributed by atoms with Gasteiger partial charge in [0.15, 0.2) is 0 Å². The van der Waals surface area contributed by atoms with E-state index in [2.05, 4.69) is 5.16 Å². The first-order valence-electron chi connectivity index (χ1n) is 4.84. The summed E-state index contributed by atoms with van der Waals surface area (Å²) in [5, 5.41) is 4.02. The fraction of sp³-hybridized carbons (Fsp3) is 0.700. The van der Waals surface area contributed by atoms with Crippen LogP contribution in [0.4, 0.5) is 0 Å². The summed E-state index contributed by atoms with van der Waals surface area (Å²) in [4.78, 5) is 0. The summed E-state index contributed by atoms with van der Waals surface area (Å²) in [7, 11) is 0. The zero-order valence-corrected chi connectivity index (χ0v) is 8.39. The zero-order valence-electron chi connectivity index (χ0n) is 7.63. The first-order chi connectivity index (χ1) is 6.37. The molecule has 0 amide bonds. The van der Waals surface area contributed by atoms with Crippen molar-refractivity contribution in [3.8, 4) is 0 Å². The molecule has 3 heteroatoms. The number of hydrogen-bond acceptors (Lipinski definition) is 2. The average Bonchev–Trinajstić information content (AvgIpc) is 2.72. The van der Waals surface area contributed by atoms with Crippen molar-refractivity contribution >= 4 is 11.6 Å². The Balaban J connectivity index is 2.23. The van der Waals surface area contributed by atoms with Gasteiger partial charge in [-0.1, -0.05) is 24.4 Å². The van der Waals surface area contributed by atoms with Gasteiger partial charge < -0.3 is 4.52 Å². The van der Waals surface area contributed by atoms with Gasteiger partial charge in [-0.05, 0) is 12.8 Å². The SMILES string of the molecule is ClCC1(c2ccon2)CCCCC1. The van der Waals surface area contributed by atoms with Crippen LogP contribution >= 0.6 is 11.6 Å². The van der Waals surface area contributed by atoms with E-state index in [-0.39, 0.29) is 5.41 Å². The normalized spacial score (nSPS) is 21.6. The van der Waals surface area contributed by atoms with Crippen molar-refractivity contribution in [1.82, 2.24) is 5.16 Å². The Morgan fingerprint density at radius 1 is 1.38 bits per heavy atom. The second kappa shape index (κ2) is 3.70. The van der Waals surface area contributed by atoms with Crippen LogP contribution in [0.1, 0.15) is 37.8 Å². The zero-order chi connectivity index (χ0) is 9.15. The summed E-state index contributed by atoms with van der Waals surface area (Å²) < 4.78 is 4.89. The third-order valence-corrected chi connectivity index (χ3v) is 3.56. The molecule has 13 heavy (non-hydrogen) atoms. The monoisotopic (exact) mass is 199 g/mol. The second-order valence-corrected chi connectivity index (χ2v) is 4.13. The summed E-state index contributed by atoms with van der Waals surface area (Å²) in [6, 6.07) is 1.95. The molecule has 0 unspecified atom stereocenters. The molecule has 2 nitrogen and oxygen atoms in total. The molecule has 0 atom stereocenters. The Kier molecular flexibility index (Phi) is 2.58. The maximum atomic E-state index is 6.05. The van der Waals surface area contributed by atoms with Crippen molar-refractivity contribution in [3.63, 3.8) is 0 Å². The Morgan fingerprint density at radius 3 is 2.69 bits per heavy atom. The number of rotatable bonds is 2. The first-order valence-corrected chi connectivity index (χ1v) is 5.38.